The minimum Gasteiger partial charge on any atom is -0.369 e. The summed E-state index contributed by atoms with van der Waals surface area (Å²) in [5.74, 6) is -0.277. The summed E-state index contributed by atoms with van der Waals surface area (Å²) in [6.45, 7) is 0.280. The van der Waals surface area contributed by atoms with Crippen LogP contribution in [0.4, 0.5) is 4.39 Å². The van der Waals surface area contributed by atoms with Crippen LogP contribution in [-0.2, 0) is 24.2 Å². The van der Waals surface area contributed by atoms with Crippen LogP contribution in [0.1, 0.15) is 28.4 Å². The van der Waals surface area contributed by atoms with Crippen molar-refractivity contribution in [3.63, 3.8) is 0 Å². The summed E-state index contributed by atoms with van der Waals surface area (Å²) in [5.41, 5.74) is 12.2. The van der Waals surface area contributed by atoms with Crippen molar-refractivity contribution in [1.82, 2.24) is 0 Å². The van der Waals surface area contributed by atoms with Crippen LogP contribution in [0.15, 0.2) is 84.0 Å². The van der Waals surface area contributed by atoms with Gasteiger partial charge in [0, 0.05) is 10.5 Å². The molecule has 0 radical (unpaired) electrons. The van der Waals surface area contributed by atoms with Crippen molar-refractivity contribution in [2.45, 2.75) is 25.6 Å². The molecule has 3 aromatic carbocycles. The Hall–Kier alpha value is -3.14. The van der Waals surface area contributed by atoms with Crippen LogP contribution in [0.2, 0.25) is 0 Å². The molecule has 0 aliphatic heterocycles. The highest BCUT2D eigenvalue weighted by molar-refractivity contribution is 5.26. The molecule has 3 aromatic rings. The summed E-state index contributed by atoms with van der Waals surface area (Å²) in [6.07, 6.45) is 1.25. The maximum atomic E-state index is 14.5. The van der Waals surface area contributed by atoms with Gasteiger partial charge in [-0.05, 0) is 41.1 Å². The molecule has 0 fully saturated rings. The smallest absolute Gasteiger partial charge is 0.128 e. The Bertz CT molecular complexity index is 925. The lowest BCUT2D eigenvalue weighted by molar-refractivity contribution is 0.0441. The predicted octanol–water partition coefficient (Wildman–Crippen LogP) is 6.18. The van der Waals surface area contributed by atoms with Gasteiger partial charge in [-0.15, -0.1) is 0 Å². The molecule has 3 rings (SSSR count). The van der Waals surface area contributed by atoms with Crippen LogP contribution < -0.4 is 0 Å². The van der Waals surface area contributed by atoms with Gasteiger partial charge in [-0.25, -0.2) is 4.39 Å². The molecule has 1 atom stereocenters. The predicted molar refractivity (Wildman–Crippen MR) is 108 cm³/mol. The molecule has 0 aliphatic rings. The number of benzene rings is 3. The van der Waals surface area contributed by atoms with Crippen LogP contribution in [-0.4, -0.2) is 6.54 Å². The van der Waals surface area contributed by atoms with E-state index < -0.39 is 6.10 Å². The third-order valence-electron chi connectivity index (χ3n) is 4.58. The number of aryl methyl sites for hydroxylation is 2. The van der Waals surface area contributed by atoms with Crippen LogP contribution in [0, 0.1) is 5.82 Å². The first-order chi connectivity index (χ1) is 13.8. The minimum absolute atomic E-state index is 0.116. The third-order valence-corrected chi connectivity index (χ3v) is 4.58. The van der Waals surface area contributed by atoms with Crippen molar-refractivity contribution in [2.24, 2.45) is 5.11 Å². The Morgan fingerprint density at radius 2 is 1.57 bits per heavy atom. The van der Waals surface area contributed by atoms with Gasteiger partial charge in [0.15, 0.2) is 0 Å². The lowest BCUT2D eigenvalue weighted by atomic mass is 10.0. The first-order valence-electron chi connectivity index (χ1n) is 9.25. The molecule has 142 valence electrons. The molecule has 0 saturated carbocycles. The average molecular weight is 375 g/mol. The second kappa shape index (κ2) is 10.3. The summed E-state index contributed by atoms with van der Waals surface area (Å²) < 4.78 is 20.4. The topological polar surface area (TPSA) is 58.0 Å². The van der Waals surface area contributed by atoms with E-state index in [2.05, 4.69) is 22.2 Å². The summed E-state index contributed by atoms with van der Waals surface area (Å²) in [7, 11) is 0. The highest BCUT2D eigenvalue weighted by Crippen LogP contribution is 2.21. The molecule has 0 N–H and O–H groups in total. The van der Waals surface area contributed by atoms with Crippen LogP contribution in [0.5, 0.6) is 0 Å². The molecule has 5 heteroatoms. The standard InChI is InChI=1S/C23H22FN3O/c24-22-15-19(12-11-18-7-3-1-4-8-18)13-14-21(22)17-28-23(16-26-27-25)20-9-5-2-6-10-20/h1-10,13-15,23H,11-12,16-17H2/t23-/m0/s1. The van der Waals surface area contributed by atoms with Crippen molar-refractivity contribution >= 4 is 0 Å². The Morgan fingerprint density at radius 3 is 2.25 bits per heavy atom. The number of rotatable bonds is 9. The number of hydrogen-bond acceptors (Lipinski definition) is 2. The Morgan fingerprint density at radius 1 is 0.893 bits per heavy atom. The van der Waals surface area contributed by atoms with Crippen LogP contribution in [0.25, 0.3) is 10.4 Å². The molecule has 0 aromatic heterocycles. The molecule has 0 spiro atoms. The van der Waals surface area contributed by atoms with Gasteiger partial charge >= 0.3 is 0 Å². The van der Waals surface area contributed by atoms with Gasteiger partial charge in [0.1, 0.15) is 5.82 Å². The first kappa shape index (κ1) is 19.6. The van der Waals surface area contributed by atoms with Crippen molar-refractivity contribution in [3.05, 3.63) is 117 Å². The van der Waals surface area contributed by atoms with E-state index in [0.29, 0.717) is 5.56 Å². The Balaban J connectivity index is 1.62. The van der Waals surface area contributed by atoms with Gasteiger partial charge in [0.2, 0.25) is 0 Å². The molecular formula is C23H22FN3O. The Kier molecular flexibility index (Phi) is 7.19. The second-order valence-corrected chi connectivity index (χ2v) is 6.54. The van der Waals surface area contributed by atoms with E-state index in [1.54, 1.807) is 12.1 Å². The van der Waals surface area contributed by atoms with Crippen molar-refractivity contribution < 1.29 is 9.13 Å². The summed E-state index contributed by atoms with van der Waals surface area (Å²) in [4.78, 5) is 2.80. The molecule has 4 nitrogen and oxygen atoms in total. The van der Waals surface area contributed by atoms with E-state index in [1.165, 1.54) is 5.56 Å². The third kappa shape index (κ3) is 5.68. The van der Waals surface area contributed by atoms with E-state index in [1.807, 2.05) is 54.6 Å². The molecule has 0 bridgehead atoms. The summed E-state index contributed by atoms with van der Waals surface area (Å²) >= 11 is 0. The lowest BCUT2D eigenvalue weighted by Gasteiger charge is -2.17. The highest BCUT2D eigenvalue weighted by atomic mass is 19.1. The van der Waals surface area contributed by atoms with E-state index in [-0.39, 0.29) is 19.0 Å². The highest BCUT2D eigenvalue weighted by Gasteiger charge is 2.13. The van der Waals surface area contributed by atoms with Crippen LogP contribution in [0.3, 0.4) is 0 Å². The average Bonchev–Trinajstić information content (AvgIpc) is 2.75. The van der Waals surface area contributed by atoms with E-state index in [4.69, 9.17) is 10.3 Å². The normalized spacial score (nSPS) is 11.6. The Labute approximate surface area is 164 Å². The maximum absolute atomic E-state index is 14.5. The van der Waals surface area contributed by atoms with E-state index in [0.717, 1.165) is 24.0 Å². The fourth-order valence-electron chi connectivity index (χ4n) is 3.02. The zero-order valence-electron chi connectivity index (χ0n) is 15.5. The van der Waals surface area contributed by atoms with Crippen LogP contribution >= 0.6 is 0 Å². The number of ether oxygens (including phenoxy) is 1. The molecule has 0 amide bonds. The first-order valence-corrected chi connectivity index (χ1v) is 9.25. The van der Waals surface area contributed by atoms with Gasteiger partial charge in [0.05, 0.1) is 19.3 Å². The van der Waals surface area contributed by atoms with Crippen molar-refractivity contribution in [1.29, 1.82) is 0 Å². The van der Waals surface area contributed by atoms with Gasteiger partial charge < -0.3 is 4.74 Å². The SMILES string of the molecule is [N-]=[N+]=NC[C@H](OCc1ccc(CCc2ccccc2)cc1F)c1ccccc1. The zero-order chi connectivity index (χ0) is 19.6. The fraction of sp³-hybridized carbons (Fsp3) is 0.217. The van der Waals surface area contributed by atoms with Gasteiger partial charge in [0.25, 0.3) is 0 Å². The monoisotopic (exact) mass is 375 g/mol. The summed E-state index contributed by atoms with van der Waals surface area (Å²) in [6, 6.07) is 24.9. The summed E-state index contributed by atoms with van der Waals surface area (Å²) in [5, 5.41) is 3.61. The second-order valence-electron chi connectivity index (χ2n) is 6.54. The number of azide groups is 1. The fourth-order valence-corrected chi connectivity index (χ4v) is 3.02. The number of nitrogens with zero attached hydrogens (tertiary/aromatic N) is 3. The largest absolute Gasteiger partial charge is 0.369 e. The molecular weight excluding hydrogens is 353 g/mol. The maximum Gasteiger partial charge on any atom is 0.128 e. The zero-order valence-corrected chi connectivity index (χ0v) is 15.5. The van der Waals surface area contributed by atoms with Crippen molar-refractivity contribution in [3.8, 4) is 0 Å². The van der Waals surface area contributed by atoms with Crippen molar-refractivity contribution in [2.75, 3.05) is 6.54 Å². The lowest BCUT2D eigenvalue weighted by Crippen LogP contribution is -2.08. The molecule has 0 heterocycles. The molecule has 28 heavy (non-hydrogen) atoms. The quantitative estimate of drug-likeness (QED) is 0.250. The minimum atomic E-state index is -0.408. The molecule has 0 saturated heterocycles. The number of halogens is 1. The van der Waals surface area contributed by atoms with Gasteiger partial charge in [-0.2, -0.15) is 0 Å². The van der Waals surface area contributed by atoms with E-state index in [9.17, 15) is 4.39 Å². The van der Waals surface area contributed by atoms with Gasteiger partial charge in [-0.1, -0.05) is 77.9 Å². The van der Waals surface area contributed by atoms with Gasteiger partial charge in [-0.3, -0.25) is 0 Å². The number of hydrogen-bond donors (Lipinski definition) is 0. The van der Waals surface area contributed by atoms with E-state index >= 15 is 0 Å². The molecule has 0 unspecified atom stereocenters. The molecule has 0 aliphatic carbocycles.